The molecule has 7 nitrogen and oxygen atoms in total. The summed E-state index contributed by atoms with van der Waals surface area (Å²) in [6, 6.07) is 3.34. The number of thiazole rings is 1. The van der Waals surface area contributed by atoms with Crippen LogP contribution in [-0.2, 0) is 17.7 Å². The van der Waals surface area contributed by atoms with Gasteiger partial charge in [-0.15, -0.1) is 0 Å². The van der Waals surface area contributed by atoms with Gasteiger partial charge in [-0.05, 0) is 19.1 Å². The number of amides is 2. The van der Waals surface area contributed by atoms with E-state index in [1.165, 1.54) is 17.6 Å². The number of nitrogens with zero attached hydrogens (tertiary/aromatic N) is 2. The van der Waals surface area contributed by atoms with Gasteiger partial charge in [-0.3, -0.25) is 10.1 Å². The predicted molar refractivity (Wildman–Crippen MR) is 79.9 cm³/mol. The van der Waals surface area contributed by atoms with E-state index in [0.29, 0.717) is 37.0 Å². The Balaban J connectivity index is 1.69. The fourth-order valence-corrected chi connectivity index (χ4v) is 3.24. The Hall–Kier alpha value is -2.35. The molecular weight excluding hydrogens is 306 g/mol. The summed E-state index contributed by atoms with van der Waals surface area (Å²) < 4.78 is 9.97. The van der Waals surface area contributed by atoms with Gasteiger partial charge in [-0.1, -0.05) is 11.3 Å². The van der Waals surface area contributed by atoms with Gasteiger partial charge in [0.15, 0.2) is 10.9 Å². The van der Waals surface area contributed by atoms with Gasteiger partial charge >= 0.3 is 6.09 Å². The number of anilines is 1. The zero-order valence-electron chi connectivity index (χ0n) is 12.0. The maximum Gasteiger partial charge on any atom is 0.413 e. The molecule has 0 saturated heterocycles. The molecule has 0 spiro atoms. The van der Waals surface area contributed by atoms with Gasteiger partial charge in [-0.25, -0.2) is 9.78 Å². The number of hydrogen-bond acceptors (Lipinski definition) is 6. The Kier molecular flexibility index (Phi) is 4.10. The average Bonchev–Trinajstić information content (AvgIpc) is 3.14. The van der Waals surface area contributed by atoms with E-state index in [1.54, 1.807) is 24.0 Å². The van der Waals surface area contributed by atoms with E-state index < -0.39 is 6.09 Å². The molecule has 0 aromatic carbocycles. The van der Waals surface area contributed by atoms with Crippen LogP contribution in [0.4, 0.5) is 9.93 Å². The van der Waals surface area contributed by atoms with Crippen LogP contribution in [-0.4, -0.2) is 35.0 Å². The van der Waals surface area contributed by atoms with Crippen molar-refractivity contribution < 1.29 is 18.7 Å². The fraction of sp³-hybridized carbons (Fsp3) is 0.357. The van der Waals surface area contributed by atoms with E-state index >= 15 is 0 Å². The Morgan fingerprint density at radius 2 is 2.41 bits per heavy atom. The molecule has 0 aliphatic carbocycles. The molecule has 1 aliphatic heterocycles. The highest BCUT2D eigenvalue weighted by Gasteiger charge is 2.26. The Morgan fingerprint density at radius 1 is 1.55 bits per heavy atom. The zero-order valence-corrected chi connectivity index (χ0v) is 12.8. The third kappa shape index (κ3) is 2.96. The highest BCUT2D eigenvalue weighted by molar-refractivity contribution is 7.15. The summed E-state index contributed by atoms with van der Waals surface area (Å²) in [6.07, 6.45) is 1.62. The molecule has 0 atom stereocenters. The molecule has 1 aliphatic rings. The second-order valence-corrected chi connectivity index (χ2v) is 5.77. The monoisotopic (exact) mass is 321 g/mol. The summed E-state index contributed by atoms with van der Waals surface area (Å²) in [7, 11) is 0. The Labute approximate surface area is 130 Å². The first-order valence-corrected chi connectivity index (χ1v) is 7.74. The van der Waals surface area contributed by atoms with Gasteiger partial charge in [0.2, 0.25) is 0 Å². The summed E-state index contributed by atoms with van der Waals surface area (Å²) in [5, 5.41) is 3.09. The number of ether oxygens (including phenoxy) is 1. The van der Waals surface area contributed by atoms with Crippen molar-refractivity contribution in [2.24, 2.45) is 0 Å². The molecule has 0 unspecified atom stereocenters. The summed E-state index contributed by atoms with van der Waals surface area (Å²) in [5.41, 5.74) is 0.917. The van der Waals surface area contributed by atoms with Gasteiger partial charge < -0.3 is 14.1 Å². The third-order valence-corrected chi connectivity index (χ3v) is 4.23. The van der Waals surface area contributed by atoms with Crippen molar-refractivity contribution in [3.05, 3.63) is 34.7 Å². The highest BCUT2D eigenvalue weighted by atomic mass is 32.1. The van der Waals surface area contributed by atoms with E-state index in [0.717, 1.165) is 10.6 Å². The van der Waals surface area contributed by atoms with Crippen LogP contribution in [0.25, 0.3) is 0 Å². The molecular formula is C14H15N3O4S. The van der Waals surface area contributed by atoms with Crippen molar-refractivity contribution >= 4 is 28.5 Å². The first-order valence-electron chi connectivity index (χ1n) is 6.92. The average molecular weight is 321 g/mol. The number of hydrogen-bond donors (Lipinski definition) is 1. The smallest absolute Gasteiger partial charge is 0.413 e. The molecule has 2 aromatic heterocycles. The van der Waals surface area contributed by atoms with E-state index in [-0.39, 0.29) is 5.91 Å². The molecule has 3 rings (SSSR count). The zero-order chi connectivity index (χ0) is 15.5. The molecule has 8 heteroatoms. The van der Waals surface area contributed by atoms with Gasteiger partial charge in [0, 0.05) is 17.8 Å². The fourth-order valence-electron chi connectivity index (χ4n) is 2.23. The number of nitrogens with one attached hydrogen (secondary N) is 1. The molecule has 0 saturated carbocycles. The van der Waals surface area contributed by atoms with Crippen LogP contribution >= 0.6 is 11.3 Å². The third-order valence-electron chi connectivity index (χ3n) is 3.23. The van der Waals surface area contributed by atoms with Gasteiger partial charge in [0.05, 0.1) is 25.1 Å². The molecule has 0 radical (unpaired) electrons. The number of carbonyl (C=O) groups is 2. The summed E-state index contributed by atoms with van der Waals surface area (Å²) >= 11 is 1.36. The maximum absolute atomic E-state index is 12.3. The second kappa shape index (κ2) is 6.18. The molecule has 0 bridgehead atoms. The molecule has 2 amide bonds. The van der Waals surface area contributed by atoms with Crippen LogP contribution in [0.15, 0.2) is 22.8 Å². The van der Waals surface area contributed by atoms with Crippen molar-refractivity contribution in [1.29, 1.82) is 0 Å². The van der Waals surface area contributed by atoms with Crippen molar-refractivity contribution in [1.82, 2.24) is 9.88 Å². The van der Waals surface area contributed by atoms with Crippen LogP contribution in [0.3, 0.4) is 0 Å². The first kappa shape index (κ1) is 14.6. The van der Waals surface area contributed by atoms with Gasteiger partial charge in [0.1, 0.15) is 0 Å². The minimum absolute atomic E-state index is 0.135. The number of furan rings is 1. The predicted octanol–water partition coefficient (Wildman–Crippen LogP) is 2.50. The van der Waals surface area contributed by atoms with E-state index in [4.69, 9.17) is 9.15 Å². The summed E-state index contributed by atoms with van der Waals surface area (Å²) in [5.74, 6) is 0.196. The quantitative estimate of drug-likeness (QED) is 0.939. The highest BCUT2D eigenvalue weighted by Crippen LogP contribution is 2.29. The van der Waals surface area contributed by atoms with Crippen LogP contribution in [0, 0.1) is 0 Å². The van der Waals surface area contributed by atoms with Crippen LogP contribution in [0.1, 0.15) is 28.0 Å². The van der Waals surface area contributed by atoms with E-state index in [1.807, 2.05) is 0 Å². The van der Waals surface area contributed by atoms with Crippen LogP contribution in [0.2, 0.25) is 0 Å². The molecule has 22 heavy (non-hydrogen) atoms. The second-order valence-electron chi connectivity index (χ2n) is 4.69. The molecule has 116 valence electrons. The molecule has 2 aromatic rings. The Morgan fingerprint density at radius 3 is 3.14 bits per heavy atom. The van der Waals surface area contributed by atoms with Crippen LogP contribution in [0.5, 0.6) is 0 Å². The van der Waals surface area contributed by atoms with Crippen molar-refractivity contribution in [2.75, 3.05) is 18.5 Å². The minimum Gasteiger partial charge on any atom is -0.459 e. The topological polar surface area (TPSA) is 84.7 Å². The lowest BCUT2D eigenvalue weighted by Gasteiger charge is -2.25. The normalized spacial score (nSPS) is 13.6. The maximum atomic E-state index is 12.3. The Bertz CT molecular complexity index is 680. The van der Waals surface area contributed by atoms with Gasteiger partial charge in [0.25, 0.3) is 5.91 Å². The lowest BCUT2D eigenvalue weighted by molar-refractivity contribution is 0.0704. The molecule has 1 N–H and O–H groups in total. The SMILES string of the molecule is CCOC(=O)Nc1nc2c(s1)CN(C(=O)c1ccco1)CC2. The minimum atomic E-state index is -0.517. The molecule has 0 fully saturated rings. The standard InChI is InChI=1S/C14H15N3O4S/c1-2-20-14(19)16-13-15-9-5-6-17(8-11(9)22-13)12(18)10-4-3-7-21-10/h3-4,7H,2,5-6,8H2,1H3,(H,15,16,19). The first-order chi connectivity index (χ1) is 10.7. The number of carbonyl (C=O) groups excluding carboxylic acids is 2. The number of aromatic nitrogens is 1. The summed E-state index contributed by atoms with van der Waals surface area (Å²) in [4.78, 5) is 30.7. The van der Waals surface area contributed by atoms with Crippen LogP contribution < -0.4 is 5.32 Å². The van der Waals surface area contributed by atoms with Crippen molar-refractivity contribution in [3.63, 3.8) is 0 Å². The lowest BCUT2D eigenvalue weighted by Crippen LogP contribution is -2.35. The van der Waals surface area contributed by atoms with Crippen molar-refractivity contribution in [3.8, 4) is 0 Å². The van der Waals surface area contributed by atoms with E-state index in [9.17, 15) is 9.59 Å². The van der Waals surface area contributed by atoms with Crippen molar-refractivity contribution in [2.45, 2.75) is 19.9 Å². The lowest BCUT2D eigenvalue weighted by atomic mass is 10.1. The largest absolute Gasteiger partial charge is 0.459 e. The number of rotatable bonds is 3. The number of fused-ring (bicyclic) bond motifs is 1. The summed E-state index contributed by atoms with van der Waals surface area (Å²) in [6.45, 7) is 3.10. The molecule has 3 heterocycles. The van der Waals surface area contributed by atoms with Gasteiger partial charge in [-0.2, -0.15) is 0 Å². The van der Waals surface area contributed by atoms with E-state index in [2.05, 4.69) is 10.3 Å².